The summed E-state index contributed by atoms with van der Waals surface area (Å²) in [5.74, 6) is -0.0330. The van der Waals surface area contributed by atoms with Gasteiger partial charge >= 0.3 is 0 Å². The van der Waals surface area contributed by atoms with Gasteiger partial charge in [0, 0.05) is 51.4 Å². The van der Waals surface area contributed by atoms with E-state index in [1.807, 2.05) is 12.1 Å². The normalized spacial score (nSPS) is 19.7. The number of nitrogens with one attached hydrogen (secondary N) is 2. The predicted molar refractivity (Wildman–Crippen MR) is 124 cm³/mol. The van der Waals surface area contributed by atoms with Gasteiger partial charge in [0.05, 0.1) is 0 Å². The molecule has 0 bridgehead atoms. The van der Waals surface area contributed by atoms with Crippen molar-refractivity contribution in [2.75, 3.05) is 31.5 Å². The smallest absolute Gasteiger partial charge is 0.221 e. The number of thiocarbonyl (C=S) groups is 1. The zero-order valence-corrected chi connectivity index (χ0v) is 18.6. The molecule has 1 saturated heterocycles. The van der Waals surface area contributed by atoms with Gasteiger partial charge in [-0.3, -0.25) is 9.69 Å². The summed E-state index contributed by atoms with van der Waals surface area (Å²) >= 11 is 5.77. The Kier molecular flexibility index (Phi) is 8.74. The van der Waals surface area contributed by atoms with Gasteiger partial charge < -0.3 is 15.5 Å². The first-order chi connectivity index (χ1) is 14.1. The molecule has 29 heavy (non-hydrogen) atoms. The second-order valence-electron chi connectivity index (χ2n) is 8.49. The fraction of sp³-hybridized carbons (Fsp3) is 0.652. The predicted octanol–water partition coefficient (Wildman–Crippen LogP) is 4.14. The molecule has 0 atom stereocenters. The minimum absolute atomic E-state index is 0.0330. The van der Waals surface area contributed by atoms with Crippen molar-refractivity contribution in [2.24, 2.45) is 0 Å². The molecule has 160 valence electrons. The van der Waals surface area contributed by atoms with Crippen LogP contribution in [0.15, 0.2) is 24.3 Å². The van der Waals surface area contributed by atoms with Crippen molar-refractivity contribution >= 4 is 28.9 Å². The topological polar surface area (TPSA) is 47.6 Å². The number of anilines is 1. The molecule has 6 heteroatoms. The van der Waals surface area contributed by atoms with Crippen LogP contribution in [0.25, 0.3) is 0 Å². The molecule has 0 spiro atoms. The Labute approximate surface area is 181 Å². The van der Waals surface area contributed by atoms with Crippen molar-refractivity contribution in [1.29, 1.82) is 0 Å². The second kappa shape index (κ2) is 11.5. The van der Waals surface area contributed by atoms with Crippen LogP contribution in [0.2, 0.25) is 0 Å². The van der Waals surface area contributed by atoms with Crippen LogP contribution in [-0.2, 0) is 11.3 Å². The minimum atomic E-state index is -0.0330. The Balaban J connectivity index is 1.45. The van der Waals surface area contributed by atoms with Gasteiger partial charge in [-0.15, -0.1) is 0 Å². The molecule has 3 rings (SSSR count). The third-order valence-corrected chi connectivity index (χ3v) is 6.37. The zero-order valence-electron chi connectivity index (χ0n) is 17.8. The number of hydrogen-bond donors (Lipinski definition) is 2. The molecule has 1 saturated carbocycles. The van der Waals surface area contributed by atoms with E-state index >= 15 is 0 Å². The molecule has 5 nitrogen and oxygen atoms in total. The highest BCUT2D eigenvalue weighted by atomic mass is 32.1. The van der Waals surface area contributed by atoms with Crippen molar-refractivity contribution in [3.05, 3.63) is 29.8 Å². The van der Waals surface area contributed by atoms with Crippen LogP contribution in [0, 0.1) is 0 Å². The Morgan fingerprint density at radius 1 is 0.966 bits per heavy atom. The summed E-state index contributed by atoms with van der Waals surface area (Å²) < 4.78 is 0. The number of nitrogens with zero attached hydrogens (tertiary/aromatic N) is 2. The van der Waals surface area contributed by atoms with Crippen molar-refractivity contribution in [3.8, 4) is 0 Å². The van der Waals surface area contributed by atoms with Crippen molar-refractivity contribution < 1.29 is 4.79 Å². The van der Waals surface area contributed by atoms with Crippen LogP contribution >= 0.6 is 12.2 Å². The van der Waals surface area contributed by atoms with Crippen LogP contribution in [0.1, 0.15) is 63.9 Å². The summed E-state index contributed by atoms with van der Waals surface area (Å²) in [6, 6.07) is 8.73. The summed E-state index contributed by atoms with van der Waals surface area (Å²) in [5, 5.41) is 7.45. The molecule has 2 aliphatic rings. The lowest BCUT2D eigenvalue weighted by Crippen LogP contribution is -2.46. The molecule has 0 radical (unpaired) electrons. The molecule has 2 N–H and O–H groups in total. The van der Waals surface area contributed by atoms with E-state index in [4.69, 9.17) is 12.2 Å². The van der Waals surface area contributed by atoms with Crippen LogP contribution in [0.3, 0.4) is 0 Å². The van der Waals surface area contributed by atoms with Gasteiger partial charge in [0.1, 0.15) is 0 Å². The summed E-state index contributed by atoms with van der Waals surface area (Å²) in [6.45, 7) is 6.62. The molecule has 1 aromatic carbocycles. The number of rotatable bonds is 4. The first kappa shape index (κ1) is 22.0. The Morgan fingerprint density at radius 3 is 2.34 bits per heavy atom. The molecule has 2 fully saturated rings. The van der Waals surface area contributed by atoms with Crippen LogP contribution in [0.5, 0.6) is 0 Å². The highest BCUT2D eigenvalue weighted by Gasteiger charge is 2.19. The molecular weight excluding hydrogens is 380 g/mol. The number of hydrogen-bond acceptors (Lipinski definition) is 3. The molecule has 1 amide bonds. The Hall–Kier alpha value is -1.66. The molecule has 1 aliphatic carbocycles. The van der Waals surface area contributed by atoms with Crippen molar-refractivity contribution in [1.82, 2.24) is 15.1 Å². The highest BCUT2D eigenvalue weighted by Crippen LogP contribution is 2.18. The molecule has 0 aromatic heterocycles. The molecular formula is C23H36N4OS. The standard InChI is InChI=1S/C23H36N4OS/c1-19(28)24-22-12-10-20(11-13-22)18-26-14-7-15-27(17-16-26)23(29)25-21-8-5-3-2-4-6-9-21/h10-13,21H,2-9,14-18H2,1H3,(H,24,28)(H,25,29). The maximum Gasteiger partial charge on any atom is 0.221 e. The summed E-state index contributed by atoms with van der Waals surface area (Å²) in [7, 11) is 0. The van der Waals surface area contributed by atoms with E-state index in [1.54, 1.807) is 0 Å². The SMILES string of the molecule is CC(=O)Nc1ccc(CN2CCCN(C(=S)NC3CCCCCCC3)CC2)cc1. The van der Waals surface area contributed by atoms with Gasteiger partial charge in [-0.2, -0.15) is 0 Å². The number of carbonyl (C=O) groups is 1. The van der Waals surface area contributed by atoms with E-state index in [0.717, 1.165) is 49.9 Å². The highest BCUT2D eigenvalue weighted by molar-refractivity contribution is 7.80. The zero-order chi connectivity index (χ0) is 20.5. The van der Waals surface area contributed by atoms with Gasteiger partial charge in [0.25, 0.3) is 0 Å². The van der Waals surface area contributed by atoms with Gasteiger partial charge in [0.2, 0.25) is 5.91 Å². The van der Waals surface area contributed by atoms with Crippen LogP contribution in [-0.4, -0.2) is 53.0 Å². The fourth-order valence-corrected chi connectivity index (χ4v) is 4.70. The minimum Gasteiger partial charge on any atom is -0.360 e. The van der Waals surface area contributed by atoms with Gasteiger partial charge in [0.15, 0.2) is 5.11 Å². The van der Waals surface area contributed by atoms with E-state index < -0.39 is 0 Å². The van der Waals surface area contributed by atoms with E-state index in [2.05, 4.69) is 32.6 Å². The molecule has 1 aromatic rings. The van der Waals surface area contributed by atoms with Crippen LogP contribution < -0.4 is 10.6 Å². The van der Waals surface area contributed by atoms with E-state index in [9.17, 15) is 4.79 Å². The second-order valence-corrected chi connectivity index (χ2v) is 8.87. The maximum atomic E-state index is 11.2. The van der Waals surface area contributed by atoms with Crippen LogP contribution in [0.4, 0.5) is 5.69 Å². The number of benzene rings is 1. The first-order valence-electron chi connectivity index (χ1n) is 11.2. The largest absolute Gasteiger partial charge is 0.360 e. The lowest BCUT2D eigenvalue weighted by Gasteiger charge is -2.29. The lowest BCUT2D eigenvalue weighted by molar-refractivity contribution is -0.114. The first-order valence-corrected chi connectivity index (χ1v) is 11.7. The van der Waals surface area contributed by atoms with Gasteiger partial charge in [-0.25, -0.2) is 0 Å². The van der Waals surface area contributed by atoms with Gasteiger partial charge in [-0.05, 0) is 49.2 Å². The van der Waals surface area contributed by atoms with Gasteiger partial charge in [-0.1, -0.05) is 44.2 Å². The average Bonchev–Trinajstić information content (AvgIpc) is 2.90. The van der Waals surface area contributed by atoms with E-state index in [0.29, 0.717) is 6.04 Å². The summed E-state index contributed by atoms with van der Waals surface area (Å²) in [5.41, 5.74) is 2.14. The van der Waals surface area contributed by atoms with E-state index in [-0.39, 0.29) is 5.91 Å². The molecule has 1 heterocycles. The molecule has 1 aliphatic heterocycles. The van der Waals surface area contributed by atoms with Crippen molar-refractivity contribution in [3.63, 3.8) is 0 Å². The maximum absolute atomic E-state index is 11.2. The summed E-state index contributed by atoms with van der Waals surface area (Å²) in [4.78, 5) is 16.0. The quantitative estimate of drug-likeness (QED) is 0.723. The average molecular weight is 417 g/mol. The molecule has 0 unspecified atom stereocenters. The third-order valence-electron chi connectivity index (χ3n) is 5.99. The lowest BCUT2D eigenvalue weighted by atomic mass is 9.97. The summed E-state index contributed by atoms with van der Waals surface area (Å²) in [6.07, 6.45) is 10.4. The fourth-order valence-electron chi connectivity index (χ4n) is 4.35. The number of amides is 1. The Morgan fingerprint density at radius 2 is 1.66 bits per heavy atom. The number of carbonyl (C=O) groups excluding carboxylic acids is 1. The Bertz CT molecular complexity index is 655. The monoisotopic (exact) mass is 416 g/mol. The van der Waals surface area contributed by atoms with Crippen molar-refractivity contribution in [2.45, 2.75) is 70.9 Å². The third kappa shape index (κ3) is 7.59. The van der Waals surface area contributed by atoms with E-state index in [1.165, 1.54) is 57.4 Å².